The van der Waals surface area contributed by atoms with Crippen LogP contribution < -0.4 is 5.73 Å². The molecule has 0 saturated carbocycles. The lowest BCUT2D eigenvalue weighted by atomic mass is 9.74. The van der Waals surface area contributed by atoms with Gasteiger partial charge in [-0.2, -0.15) is 0 Å². The second-order valence-corrected chi connectivity index (χ2v) is 6.08. The molecule has 2 heteroatoms. The van der Waals surface area contributed by atoms with Crippen molar-refractivity contribution < 1.29 is 4.39 Å². The molecular formula is C17H24FN. The molecule has 1 nitrogen and oxygen atoms in total. The van der Waals surface area contributed by atoms with E-state index in [0.29, 0.717) is 0 Å². The maximum atomic E-state index is 13.0. The molecule has 1 unspecified atom stereocenters. The van der Waals surface area contributed by atoms with Crippen molar-refractivity contribution in [3.05, 3.63) is 47.3 Å². The third-order valence-corrected chi connectivity index (χ3v) is 4.34. The molecule has 0 radical (unpaired) electrons. The fourth-order valence-corrected chi connectivity index (χ4v) is 2.84. The maximum Gasteiger partial charge on any atom is 0.123 e. The lowest BCUT2D eigenvalue weighted by molar-refractivity contribution is 0.439. The van der Waals surface area contributed by atoms with Gasteiger partial charge in [0.1, 0.15) is 5.82 Å². The van der Waals surface area contributed by atoms with E-state index in [2.05, 4.69) is 19.9 Å². The first-order chi connectivity index (χ1) is 9.01. The first-order valence-corrected chi connectivity index (χ1v) is 7.22. The van der Waals surface area contributed by atoms with Crippen molar-refractivity contribution in [2.24, 2.45) is 5.73 Å². The molecule has 1 atom stereocenters. The van der Waals surface area contributed by atoms with E-state index < -0.39 is 0 Å². The van der Waals surface area contributed by atoms with Gasteiger partial charge < -0.3 is 5.73 Å². The Kier molecular flexibility index (Phi) is 4.41. The molecule has 0 amide bonds. The highest BCUT2D eigenvalue weighted by atomic mass is 19.1. The van der Waals surface area contributed by atoms with Crippen LogP contribution in [0.4, 0.5) is 4.39 Å². The zero-order valence-electron chi connectivity index (χ0n) is 12.0. The average Bonchev–Trinajstić information content (AvgIpc) is 2.67. The minimum atomic E-state index is -0.193. The van der Waals surface area contributed by atoms with E-state index in [1.54, 1.807) is 0 Å². The third kappa shape index (κ3) is 3.24. The Morgan fingerprint density at radius 3 is 2.47 bits per heavy atom. The first kappa shape index (κ1) is 14.3. The van der Waals surface area contributed by atoms with E-state index in [1.165, 1.54) is 37.0 Å². The zero-order chi connectivity index (χ0) is 13.9. The summed E-state index contributed by atoms with van der Waals surface area (Å²) < 4.78 is 13.0. The Labute approximate surface area is 115 Å². The van der Waals surface area contributed by atoms with Crippen LogP contribution in [0.2, 0.25) is 0 Å². The van der Waals surface area contributed by atoms with Crippen LogP contribution in [0.25, 0.3) is 0 Å². The van der Waals surface area contributed by atoms with Gasteiger partial charge in [-0.1, -0.05) is 44.1 Å². The van der Waals surface area contributed by atoms with Crippen molar-refractivity contribution in [1.29, 1.82) is 0 Å². The van der Waals surface area contributed by atoms with Crippen LogP contribution in [-0.4, -0.2) is 6.04 Å². The highest BCUT2D eigenvalue weighted by molar-refractivity contribution is 5.31. The Morgan fingerprint density at radius 1 is 1.11 bits per heavy atom. The van der Waals surface area contributed by atoms with Crippen molar-refractivity contribution in [3.8, 4) is 0 Å². The maximum absolute atomic E-state index is 13.0. The van der Waals surface area contributed by atoms with Gasteiger partial charge in [0, 0.05) is 11.5 Å². The largest absolute Gasteiger partial charge is 0.324 e. The molecule has 2 N–H and O–H groups in total. The molecule has 0 heterocycles. The average molecular weight is 261 g/mol. The fraction of sp³-hybridized carbons (Fsp3) is 0.529. The lowest BCUT2D eigenvalue weighted by Gasteiger charge is -2.34. The van der Waals surface area contributed by atoms with E-state index in [9.17, 15) is 4.39 Å². The molecular weight excluding hydrogens is 237 g/mol. The summed E-state index contributed by atoms with van der Waals surface area (Å²) in [4.78, 5) is 0. The molecule has 0 aliphatic heterocycles. The predicted octanol–water partition coefficient (Wildman–Crippen LogP) is 4.32. The molecule has 19 heavy (non-hydrogen) atoms. The van der Waals surface area contributed by atoms with Gasteiger partial charge in [-0.25, -0.2) is 4.39 Å². The van der Waals surface area contributed by atoms with Gasteiger partial charge >= 0.3 is 0 Å². The van der Waals surface area contributed by atoms with Crippen LogP contribution in [0.5, 0.6) is 0 Å². The quantitative estimate of drug-likeness (QED) is 0.806. The molecule has 0 bridgehead atoms. The van der Waals surface area contributed by atoms with Gasteiger partial charge in [0.15, 0.2) is 0 Å². The number of allylic oxidation sites excluding steroid dienone is 1. The van der Waals surface area contributed by atoms with E-state index in [4.69, 9.17) is 5.73 Å². The first-order valence-electron chi connectivity index (χ1n) is 7.22. The van der Waals surface area contributed by atoms with Gasteiger partial charge in [0.2, 0.25) is 0 Å². The van der Waals surface area contributed by atoms with Crippen LogP contribution in [0.15, 0.2) is 35.9 Å². The summed E-state index contributed by atoms with van der Waals surface area (Å²) in [5.41, 5.74) is 8.81. The third-order valence-electron chi connectivity index (χ3n) is 4.34. The van der Waals surface area contributed by atoms with Crippen molar-refractivity contribution >= 4 is 0 Å². The summed E-state index contributed by atoms with van der Waals surface area (Å²) in [5, 5.41) is 0. The summed E-state index contributed by atoms with van der Waals surface area (Å²) in [5.74, 6) is -0.193. The Hall–Kier alpha value is -1.15. The van der Waals surface area contributed by atoms with E-state index in [1.807, 2.05) is 12.1 Å². The van der Waals surface area contributed by atoms with Crippen LogP contribution in [0.3, 0.4) is 0 Å². The number of rotatable bonds is 3. The molecule has 0 saturated heterocycles. The summed E-state index contributed by atoms with van der Waals surface area (Å²) in [6.07, 6.45) is 8.37. The second kappa shape index (κ2) is 5.87. The fourth-order valence-electron chi connectivity index (χ4n) is 2.84. The van der Waals surface area contributed by atoms with Crippen LogP contribution in [0, 0.1) is 5.82 Å². The van der Waals surface area contributed by atoms with Gasteiger partial charge in [-0.15, -0.1) is 0 Å². The molecule has 1 aliphatic carbocycles. The molecule has 1 aromatic rings. The summed E-state index contributed by atoms with van der Waals surface area (Å²) in [7, 11) is 0. The molecule has 0 aromatic heterocycles. The number of halogens is 1. The number of hydrogen-bond donors (Lipinski definition) is 1. The van der Waals surface area contributed by atoms with Crippen molar-refractivity contribution in [1.82, 2.24) is 0 Å². The van der Waals surface area contributed by atoms with Crippen LogP contribution in [0.1, 0.15) is 51.5 Å². The molecule has 0 spiro atoms. The van der Waals surface area contributed by atoms with E-state index >= 15 is 0 Å². The number of benzene rings is 1. The van der Waals surface area contributed by atoms with Gasteiger partial charge in [0.05, 0.1) is 0 Å². The standard InChI is InChI=1S/C17H24FN/c1-17(2,14-9-11-15(18)12-10-14)16(19)13-7-5-3-4-6-8-13/h7,9-12,16H,3-6,8,19H2,1-2H3. The van der Waals surface area contributed by atoms with Crippen LogP contribution >= 0.6 is 0 Å². The normalized spacial score (nSPS) is 18.6. The molecule has 2 rings (SSSR count). The highest BCUT2D eigenvalue weighted by Crippen LogP contribution is 2.32. The van der Waals surface area contributed by atoms with Gasteiger partial charge in [-0.3, -0.25) is 0 Å². The van der Waals surface area contributed by atoms with E-state index in [0.717, 1.165) is 18.4 Å². The number of hydrogen-bond acceptors (Lipinski definition) is 1. The Morgan fingerprint density at radius 2 is 1.79 bits per heavy atom. The Bertz CT molecular complexity index is 445. The molecule has 1 aliphatic rings. The second-order valence-electron chi connectivity index (χ2n) is 6.08. The topological polar surface area (TPSA) is 26.0 Å². The molecule has 0 fully saturated rings. The van der Waals surface area contributed by atoms with Gasteiger partial charge in [-0.05, 0) is 43.4 Å². The van der Waals surface area contributed by atoms with Crippen LogP contribution in [-0.2, 0) is 5.41 Å². The Balaban J connectivity index is 2.22. The molecule has 104 valence electrons. The van der Waals surface area contributed by atoms with Crippen molar-refractivity contribution in [2.75, 3.05) is 0 Å². The summed E-state index contributed by atoms with van der Waals surface area (Å²) >= 11 is 0. The smallest absolute Gasteiger partial charge is 0.123 e. The molecule has 1 aromatic carbocycles. The SMILES string of the molecule is CC(C)(c1ccc(F)cc1)C(N)C1=CCCCCC1. The summed E-state index contributed by atoms with van der Waals surface area (Å²) in [6, 6.07) is 6.76. The highest BCUT2D eigenvalue weighted by Gasteiger charge is 2.31. The van der Waals surface area contributed by atoms with Crippen molar-refractivity contribution in [3.63, 3.8) is 0 Å². The predicted molar refractivity (Wildman–Crippen MR) is 78.6 cm³/mol. The lowest BCUT2D eigenvalue weighted by Crippen LogP contribution is -2.42. The van der Waals surface area contributed by atoms with Gasteiger partial charge in [0.25, 0.3) is 0 Å². The minimum absolute atomic E-state index is 0.0102. The minimum Gasteiger partial charge on any atom is -0.324 e. The number of nitrogens with two attached hydrogens (primary N) is 1. The monoisotopic (exact) mass is 261 g/mol. The summed E-state index contributed by atoms with van der Waals surface area (Å²) in [6.45, 7) is 4.30. The van der Waals surface area contributed by atoms with Crippen molar-refractivity contribution in [2.45, 2.75) is 57.4 Å². The zero-order valence-corrected chi connectivity index (χ0v) is 12.0. The van der Waals surface area contributed by atoms with E-state index in [-0.39, 0.29) is 17.3 Å².